The molecule has 2 aromatic carbocycles. The van der Waals surface area contributed by atoms with Crippen molar-refractivity contribution >= 4 is 29.4 Å². The van der Waals surface area contributed by atoms with E-state index >= 15 is 0 Å². The van der Waals surface area contributed by atoms with E-state index in [9.17, 15) is 19.2 Å². The lowest BCUT2D eigenvalue weighted by Crippen LogP contribution is -2.52. The topological polar surface area (TPSA) is 96.0 Å². The number of anilines is 1. The maximum Gasteiger partial charge on any atom is 0.321 e. The minimum Gasteiger partial charge on any atom is -0.456 e. The maximum atomic E-state index is 12.4. The van der Waals surface area contributed by atoms with Crippen LogP contribution in [0.5, 0.6) is 0 Å². The van der Waals surface area contributed by atoms with E-state index in [1.165, 1.54) is 0 Å². The summed E-state index contributed by atoms with van der Waals surface area (Å²) < 4.78 is 5.08. The van der Waals surface area contributed by atoms with E-state index in [4.69, 9.17) is 4.74 Å². The molecule has 1 fully saturated rings. The lowest BCUT2D eigenvalue weighted by atomic mass is 9.99. The first kappa shape index (κ1) is 24.0. The van der Waals surface area contributed by atoms with E-state index in [-0.39, 0.29) is 37.2 Å². The minimum absolute atomic E-state index is 0.0342. The van der Waals surface area contributed by atoms with Crippen LogP contribution in [0.2, 0.25) is 0 Å². The van der Waals surface area contributed by atoms with Gasteiger partial charge in [0, 0.05) is 43.9 Å². The number of ketones is 1. The zero-order valence-electron chi connectivity index (χ0n) is 19.0. The monoisotopic (exact) mass is 451 g/mol. The Morgan fingerprint density at radius 3 is 2.24 bits per heavy atom. The Labute approximate surface area is 193 Å². The summed E-state index contributed by atoms with van der Waals surface area (Å²) in [6.07, 6.45) is -0.0422. The van der Waals surface area contributed by atoms with Crippen LogP contribution in [0.15, 0.2) is 48.5 Å². The van der Waals surface area contributed by atoms with E-state index in [0.29, 0.717) is 37.4 Å². The highest BCUT2D eigenvalue weighted by molar-refractivity contribution is 5.99. The van der Waals surface area contributed by atoms with Gasteiger partial charge in [0.1, 0.15) is 0 Å². The smallest absolute Gasteiger partial charge is 0.321 e. The second-order valence-corrected chi connectivity index (χ2v) is 8.07. The fourth-order valence-electron chi connectivity index (χ4n) is 3.58. The van der Waals surface area contributed by atoms with Gasteiger partial charge in [-0.05, 0) is 37.6 Å². The highest BCUT2D eigenvalue weighted by Crippen LogP contribution is 2.14. The molecule has 174 valence electrons. The molecule has 3 rings (SSSR count). The zero-order valence-corrected chi connectivity index (χ0v) is 19.0. The summed E-state index contributed by atoms with van der Waals surface area (Å²) >= 11 is 0. The van der Waals surface area contributed by atoms with Gasteiger partial charge < -0.3 is 19.9 Å². The maximum absolute atomic E-state index is 12.4. The van der Waals surface area contributed by atoms with Gasteiger partial charge >= 0.3 is 12.0 Å². The lowest BCUT2D eigenvalue weighted by molar-refractivity contribution is -0.152. The minimum atomic E-state index is -0.581. The summed E-state index contributed by atoms with van der Waals surface area (Å²) in [5, 5.41) is 2.82. The lowest BCUT2D eigenvalue weighted by Gasteiger charge is -2.34. The number of piperazine rings is 1. The molecule has 1 N–H and O–H groups in total. The Morgan fingerprint density at radius 1 is 0.879 bits per heavy atom. The number of nitrogens with one attached hydrogen (secondary N) is 1. The van der Waals surface area contributed by atoms with Gasteiger partial charge in [0.2, 0.25) is 0 Å². The molecule has 0 aliphatic carbocycles. The number of urea groups is 1. The van der Waals surface area contributed by atoms with Crippen LogP contribution in [-0.4, -0.2) is 66.3 Å². The number of benzene rings is 2. The molecule has 0 atom stereocenters. The number of nitrogens with zero attached hydrogens (tertiary/aromatic N) is 2. The number of rotatable bonds is 7. The van der Waals surface area contributed by atoms with Crippen molar-refractivity contribution in [3.63, 3.8) is 0 Å². The Hall–Kier alpha value is -3.68. The molecular formula is C25H29N3O5. The molecule has 2 aromatic rings. The molecular weight excluding hydrogens is 422 g/mol. The van der Waals surface area contributed by atoms with Crippen molar-refractivity contribution in [3.05, 3.63) is 65.2 Å². The van der Waals surface area contributed by atoms with Gasteiger partial charge in [-0.2, -0.15) is 0 Å². The summed E-state index contributed by atoms with van der Waals surface area (Å²) in [5.41, 5.74) is 3.16. The third-order valence-corrected chi connectivity index (χ3v) is 5.55. The highest BCUT2D eigenvalue weighted by atomic mass is 16.5. The first-order chi connectivity index (χ1) is 15.8. The van der Waals surface area contributed by atoms with E-state index in [2.05, 4.69) is 5.32 Å². The standard InChI is InChI=1S/C25H29N3O5/c1-18-8-9-19(2)21(16-18)22(29)10-11-24(31)33-17-23(30)27-12-14-28(15-13-27)25(32)26-20-6-4-3-5-7-20/h3-9,16H,10-15,17H2,1-2H3,(H,26,32). The number of carbonyl (C=O) groups is 4. The van der Waals surface area contributed by atoms with Crippen LogP contribution in [0.3, 0.4) is 0 Å². The van der Waals surface area contributed by atoms with Gasteiger partial charge in [0.25, 0.3) is 5.91 Å². The summed E-state index contributed by atoms with van der Waals surface area (Å²) in [6, 6.07) is 14.6. The van der Waals surface area contributed by atoms with Crippen LogP contribution < -0.4 is 5.32 Å². The van der Waals surface area contributed by atoms with Crippen LogP contribution in [0.1, 0.15) is 34.3 Å². The second-order valence-electron chi connectivity index (χ2n) is 8.07. The van der Waals surface area contributed by atoms with Crippen molar-refractivity contribution in [2.45, 2.75) is 26.7 Å². The summed E-state index contributed by atoms with van der Waals surface area (Å²) in [7, 11) is 0. The number of esters is 1. The van der Waals surface area contributed by atoms with Gasteiger partial charge in [0.05, 0.1) is 6.42 Å². The molecule has 1 saturated heterocycles. The average molecular weight is 452 g/mol. The SMILES string of the molecule is Cc1ccc(C)c(C(=O)CCC(=O)OCC(=O)N2CCN(C(=O)Nc3ccccc3)CC2)c1. The Balaban J connectivity index is 1.37. The molecule has 1 heterocycles. The highest BCUT2D eigenvalue weighted by Gasteiger charge is 2.25. The normalized spacial score (nSPS) is 13.4. The number of hydrogen-bond acceptors (Lipinski definition) is 5. The van der Waals surface area contributed by atoms with Crippen molar-refractivity contribution in [1.29, 1.82) is 0 Å². The second kappa shape index (κ2) is 11.3. The quantitative estimate of drug-likeness (QED) is 0.515. The van der Waals surface area contributed by atoms with Crippen LogP contribution in [0.4, 0.5) is 10.5 Å². The fraction of sp³-hybridized carbons (Fsp3) is 0.360. The first-order valence-corrected chi connectivity index (χ1v) is 11.0. The van der Waals surface area contributed by atoms with Crippen molar-refractivity contribution in [2.24, 2.45) is 0 Å². The molecule has 0 aromatic heterocycles. The number of Topliss-reactive ketones (excluding diaryl/α,β-unsaturated/α-hetero) is 1. The average Bonchev–Trinajstić information content (AvgIpc) is 2.83. The first-order valence-electron chi connectivity index (χ1n) is 11.0. The molecule has 0 unspecified atom stereocenters. The van der Waals surface area contributed by atoms with Gasteiger partial charge in [-0.1, -0.05) is 35.9 Å². The molecule has 0 radical (unpaired) electrons. The molecule has 8 nitrogen and oxygen atoms in total. The molecule has 0 bridgehead atoms. The number of carbonyl (C=O) groups excluding carboxylic acids is 4. The van der Waals surface area contributed by atoms with Crippen LogP contribution >= 0.6 is 0 Å². The zero-order chi connectivity index (χ0) is 23.8. The summed E-state index contributed by atoms with van der Waals surface area (Å²) in [5.74, 6) is -1.01. The Bertz CT molecular complexity index is 1010. The van der Waals surface area contributed by atoms with Gasteiger partial charge in [-0.3, -0.25) is 14.4 Å². The molecule has 1 aliphatic rings. The fourth-order valence-corrected chi connectivity index (χ4v) is 3.58. The van der Waals surface area contributed by atoms with E-state index < -0.39 is 5.97 Å². The number of amides is 3. The van der Waals surface area contributed by atoms with Crippen molar-refractivity contribution in [2.75, 3.05) is 38.1 Å². The predicted octanol–water partition coefficient (Wildman–Crippen LogP) is 3.19. The predicted molar refractivity (Wildman–Crippen MR) is 124 cm³/mol. The molecule has 8 heteroatoms. The number of ether oxygens (including phenoxy) is 1. The van der Waals surface area contributed by atoms with Gasteiger partial charge in [0.15, 0.2) is 12.4 Å². The number of para-hydroxylation sites is 1. The largest absolute Gasteiger partial charge is 0.456 e. The number of aryl methyl sites for hydroxylation is 2. The van der Waals surface area contributed by atoms with E-state index in [1.54, 1.807) is 9.80 Å². The van der Waals surface area contributed by atoms with E-state index in [1.807, 2.05) is 62.4 Å². The van der Waals surface area contributed by atoms with Crippen molar-refractivity contribution < 1.29 is 23.9 Å². The van der Waals surface area contributed by atoms with Gasteiger partial charge in [-0.15, -0.1) is 0 Å². The van der Waals surface area contributed by atoms with E-state index in [0.717, 1.165) is 11.1 Å². The summed E-state index contributed by atoms with van der Waals surface area (Å²) in [4.78, 5) is 52.3. The van der Waals surface area contributed by atoms with Crippen molar-refractivity contribution in [3.8, 4) is 0 Å². The van der Waals surface area contributed by atoms with Gasteiger partial charge in [-0.25, -0.2) is 4.79 Å². The Morgan fingerprint density at radius 2 is 1.55 bits per heavy atom. The summed E-state index contributed by atoms with van der Waals surface area (Å²) in [6.45, 7) is 4.91. The van der Waals surface area contributed by atoms with Crippen LogP contribution in [-0.2, 0) is 14.3 Å². The molecule has 0 spiro atoms. The third-order valence-electron chi connectivity index (χ3n) is 5.55. The molecule has 1 aliphatic heterocycles. The third kappa shape index (κ3) is 6.90. The number of hydrogen-bond donors (Lipinski definition) is 1. The molecule has 3 amide bonds. The van der Waals surface area contributed by atoms with Crippen LogP contribution in [0.25, 0.3) is 0 Å². The molecule has 33 heavy (non-hydrogen) atoms. The van der Waals surface area contributed by atoms with Crippen LogP contribution in [0, 0.1) is 13.8 Å². The molecule has 0 saturated carbocycles. The van der Waals surface area contributed by atoms with Crippen molar-refractivity contribution in [1.82, 2.24) is 9.80 Å². The Kier molecular flexibility index (Phi) is 8.18.